The monoisotopic (exact) mass is 280 g/mol. The summed E-state index contributed by atoms with van der Waals surface area (Å²) < 4.78 is 10.5. The number of fused-ring (bicyclic) bond motifs is 1. The summed E-state index contributed by atoms with van der Waals surface area (Å²) in [6, 6.07) is 0. The molecule has 5 heteroatoms. The van der Waals surface area contributed by atoms with E-state index >= 15 is 0 Å². The van der Waals surface area contributed by atoms with Crippen molar-refractivity contribution < 1.29 is 24.5 Å². The minimum Gasteiger partial charge on any atom is -0.454 e. The quantitative estimate of drug-likeness (QED) is 0.745. The molecule has 0 amide bonds. The first-order chi connectivity index (χ1) is 9.28. The van der Waals surface area contributed by atoms with Gasteiger partial charge in [-0.3, -0.25) is 4.79 Å². The Morgan fingerprint density at radius 3 is 2.75 bits per heavy atom. The van der Waals surface area contributed by atoms with Gasteiger partial charge in [-0.25, -0.2) is 0 Å². The molecular formula is C15H20O5. The van der Waals surface area contributed by atoms with Crippen LogP contribution >= 0.6 is 0 Å². The number of aliphatic hydroxyl groups is 2. The van der Waals surface area contributed by atoms with Gasteiger partial charge in [0.2, 0.25) is 6.79 Å². The Labute approximate surface area is 118 Å². The van der Waals surface area contributed by atoms with Crippen LogP contribution in [0.5, 0.6) is 0 Å². The lowest BCUT2D eigenvalue weighted by Crippen LogP contribution is -2.43. The molecule has 0 bridgehead atoms. The number of carbonyl (C=O) groups excluding carboxylic acids is 1. The Morgan fingerprint density at radius 2 is 2.15 bits per heavy atom. The predicted molar refractivity (Wildman–Crippen MR) is 72.4 cm³/mol. The van der Waals surface area contributed by atoms with Crippen molar-refractivity contribution in [1.29, 1.82) is 0 Å². The van der Waals surface area contributed by atoms with Gasteiger partial charge in [-0.05, 0) is 32.8 Å². The molecular weight excluding hydrogens is 260 g/mol. The third-order valence-electron chi connectivity index (χ3n) is 3.71. The van der Waals surface area contributed by atoms with E-state index in [1.807, 2.05) is 0 Å². The number of carbonyl (C=O) groups is 1. The lowest BCUT2D eigenvalue weighted by molar-refractivity contribution is -0.126. The highest BCUT2D eigenvalue weighted by molar-refractivity contribution is 5.98. The van der Waals surface area contributed by atoms with Crippen molar-refractivity contribution in [2.45, 2.75) is 38.4 Å². The normalized spacial score (nSPS) is 26.9. The SMILES string of the molecule is C=CC[C@]1(C[C@H](O)C(C)(C)O)C=C2OCOC2=CC1=O. The summed E-state index contributed by atoms with van der Waals surface area (Å²) in [5.74, 6) is 0.756. The Hall–Kier alpha value is -1.59. The van der Waals surface area contributed by atoms with Gasteiger partial charge in [0.05, 0.1) is 17.1 Å². The Kier molecular flexibility index (Phi) is 3.75. The fourth-order valence-electron chi connectivity index (χ4n) is 2.36. The first kappa shape index (κ1) is 14.8. The van der Waals surface area contributed by atoms with Gasteiger partial charge in [0, 0.05) is 6.08 Å². The molecule has 0 saturated carbocycles. The van der Waals surface area contributed by atoms with Gasteiger partial charge in [0.15, 0.2) is 17.3 Å². The van der Waals surface area contributed by atoms with E-state index in [0.29, 0.717) is 17.9 Å². The van der Waals surface area contributed by atoms with Crippen molar-refractivity contribution in [3.05, 3.63) is 36.3 Å². The molecule has 1 aliphatic heterocycles. The Bertz CT molecular complexity index is 483. The minimum absolute atomic E-state index is 0.0865. The summed E-state index contributed by atoms with van der Waals surface area (Å²) in [6.07, 6.45) is 4.10. The average Bonchev–Trinajstić information content (AvgIpc) is 2.75. The summed E-state index contributed by atoms with van der Waals surface area (Å²) in [7, 11) is 0. The third kappa shape index (κ3) is 2.64. The number of allylic oxidation sites excluding steroid dienone is 3. The van der Waals surface area contributed by atoms with Crippen LogP contribution in [0.1, 0.15) is 26.7 Å². The number of hydrogen-bond donors (Lipinski definition) is 2. The van der Waals surface area contributed by atoms with Crippen LogP contribution in [0.15, 0.2) is 36.3 Å². The molecule has 2 atom stereocenters. The molecule has 0 unspecified atom stereocenters. The second-order valence-corrected chi connectivity index (χ2v) is 5.81. The number of aliphatic hydroxyl groups excluding tert-OH is 1. The smallest absolute Gasteiger partial charge is 0.231 e. The second-order valence-electron chi connectivity index (χ2n) is 5.81. The van der Waals surface area contributed by atoms with E-state index in [9.17, 15) is 15.0 Å². The summed E-state index contributed by atoms with van der Waals surface area (Å²) in [5, 5.41) is 20.0. The average molecular weight is 280 g/mol. The van der Waals surface area contributed by atoms with Gasteiger partial charge in [-0.1, -0.05) is 6.08 Å². The molecule has 2 aliphatic rings. The Balaban J connectivity index is 2.33. The lowest BCUT2D eigenvalue weighted by atomic mass is 9.71. The van der Waals surface area contributed by atoms with Crippen LogP contribution in [0.3, 0.4) is 0 Å². The molecule has 0 aromatic heterocycles. The maximum atomic E-state index is 12.4. The zero-order valence-corrected chi connectivity index (χ0v) is 11.8. The lowest BCUT2D eigenvalue weighted by Gasteiger charge is -2.35. The highest BCUT2D eigenvalue weighted by Gasteiger charge is 2.44. The van der Waals surface area contributed by atoms with Crippen LogP contribution < -0.4 is 0 Å². The molecule has 0 aromatic carbocycles. The van der Waals surface area contributed by atoms with Crippen molar-refractivity contribution in [3.63, 3.8) is 0 Å². The van der Waals surface area contributed by atoms with Crippen LogP contribution in [0.2, 0.25) is 0 Å². The molecule has 5 nitrogen and oxygen atoms in total. The molecule has 0 aromatic rings. The maximum absolute atomic E-state index is 12.4. The van der Waals surface area contributed by atoms with Crippen LogP contribution in [-0.2, 0) is 14.3 Å². The van der Waals surface area contributed by atoms with E-state index in [2.05, 4.69) is 6.58 Å². The minimum atomic E-state index is -1.29. The van der Waals surface area contributed by atoms with Crippen molar-refractivity contribution in [3.8, 4) is 0 Å². The van der Waals surface area contributed by atoms with Crippen molar-refractivity contribution in [2.24, 2.45) is 5.41 Å². The number of rotatable bonds is 5. The van der Waals surface area contributed by atoms with E-state index < -0.39 is 17.1 Å². The molecule has 1 heterocycles. The number of ketones is 1. The summed E-state index contributed by atoms with van der Waals surface area (Å²) >= 11 is 0. The standard InChI is InChI=1S/C15H20O5/c1-4-5-15(8-13(17)14(2,3)18)7-11-10(6-12(15)16)19-9-20-11/h4,6-7,13,17-18H,1,5,8-9H2,2-3H3/t13-,15+/m0/s1. The van der Waals surface area contributed by atoms with Gasteiger partial charge < -0.3 is 19.7 Å². The van der Waals surface area contributed by atoms with E-state index in [0.717, 1.165) is 0 Å². The van der Waals surface area contributed by atoms with Crippen LogP contribution in [-0.4, -0.2) is 34.5 Å². The van der Waals surface area contributed by atoms with E-state index in [1.165, 1.54) is 19.9 Å². The molecule has 0 radical (unpaired) electrons. The molecule has 1 saturated heterocycles. The van der Waals surface area contributed by atoms with E-state index in [-0.39, 0.29) is 19.0 Å². The van der Waals surface area contributed by atoms with Crippen LogP contribution in [0.4, 0.5) is 0 Å². The van der Waals surface area contributed by atoms with Gasteiger partial charge in [0.1, 0.15) is 0 Å². The summed E-state index contributed by atoms with van der Waals surface area (Å²) in [6.45, 7) is 6.78. The first-order valence-electron chi connectivity index (χ1n) is 6.55. The van der Waals surface area contributed by atoms with E-state index in [4.69, 9.17) is 9.47 Å². The highest BCUT2D eigenvalue weighted by Crippen LogP contribution is 2.41. The van der Waals surface area contributed by atoms with Crippen molar-refractivity contribution in [2.75, 3.05) is 6.79 Å². The number of ether oxygens (including phenoxy) is 2. The highest BCUT2D eigenvalue weighted by atomic mass is 16.7. The van der Waals surface area contributed by atoms with Gasteiger partial charge in [0.25, 0.3) is 0 Å². The molecule has 0 spiro atoms. The second kappa shape index (κ2) is 5.07. The van der Waals surface area contributed by atoms with E-state index in [1.54, 1.807) is 12.2 Å². The topological polar surface area (TPSA) is 76.0 Å². The van der Waals surface area contributed by atoms with Gasteiger partial charge >= 0.3 is 0 Å². The third-order valence-corrected chi connectivity index (χ3v) is 3.71. The predicted octanol–water partition coefficient (Wildman–Crippen LogP) is 1.43. The van der Waals surface area contributed by atoms with Gasteiger partial charge in [-0.2, -0.15) is 0 Å². The zero-order valence-electron chi connectivity index (χ0n) is 11.8. The largest absolute Gasteiger partial charge is 0.454 e. The van der Waals surface area contributed by atoms with Gasteiger partial charge in [-0.15, -0.1) is 6.58 Å². The fourth-order valence-corrected chi connectivity index (χ4v) is 2.36. The van der Waals surface area contributed by atoms with Crippen molar-refractivity contribution >= 4 is 5.78 Å². The molecule has 20 heavy (non-hydrogen) atoms. The molecule has 2 N–H and O–H groups in total. The molecule has 110 valence electrons. The molecule has 1 fully saturated rings. The first-order valence-corrected chi connectivity index (χ1v) is 6.55. The Morgan fingerprint density at radius 1 is 1.50 bits per heavy atom. The van der Waals surface area contributed by atoms with Crippen molar-refractivity contribution in [1.82, 2.24) is 0 Å². The maximum Gasteiger partial charge on any atom is 0.231 e. The molecule has 2 rings (SSSR count). The number of hydrogen-bond acceptors (Lipinski definition) is 5. The van der Waals surface area contributed by atoms with Crippen LogP contribution in [0.25, 0.3) is 0 Å². The zero-order chi connectivity index (χ0) is 15.0. The van der Waals surface area contributed by atoms with Crippen LogP contribution in [0, 0.1) is 5.41 Å². The summed E-state index contributed by atoms with van der Waals surface area (Å²) in [4.78, 5) is 12.4. The summed E-state index contributed by atoms with van der Waals surface area (Å²) in [5.41, 5.74) is -2.24. The molecule has 1 aliphatic carbocycles. The fraction of sp³-hybridized carbons (Fsp3) is 0.533.